The molecule has 0 radical (unpaired) electrons. The molecule has 0 unspecified atom stereocenters. The van der Waals surface area contributed by atoms with Crippen LogP contribution in [0, 0.1) is 5.92 Å². The van der Waals surface area contributed by atoms with Crippen molar-refractivity contribution in [2.75, 3.05) is 32.6 Å². The highest BCUT2D eigenvalue weighted by molar-refractivity contribution is 7.80. The van der Waals surface area contributed by atoms with E-state index >= 15 is 0 Å². The van der Waals surface area contributed by atoms with E-state index in [1.807, 2.05) is 24.3 Å². The molecular formula is C21H33N3OS. The second-order valence-electron chi connectivity index (χ2n) is 7.87. The van der Waals surface area contributed by atoms with Crippen LogP contribution < -0.4 is 10.1 Å². The Hall–Kier alpha value is -1.33. The minimum absolute atomic E-state index is 0.691. The summed E-state index contributed by atoms with van der Waals surface area (Å²) in [6.07, 6.45) is 7.95. The molecule has 0 aromatic heterocycles. The molecule has 1 heterocycles. The molecular weight excluding hydrogens is 342 g/mol. The van der Waals surface area contributed by atoms with Gasteiger partial charge in [-0.1, -0.05) is 25.8 Å². The van der Waals surface area contributed by atoms with Crippen LogP contribution in [0.25, 0.3) is 0 Å². The van der Waals surface area contributed by atoms with Gasteiger partial charge in [0.05, 0.1) is 7.11 Å². The van der Waals surface area contributed by atoms with E-state index in [0.29, 0.717) is 6.04 Å². The Kier molecular flexibility index (Phi) is 6.76. The number of methoxy groups -OCH3 is 1. The average Bonchev–Trinajstić information content (AvgIpc) is 2.68. The number of nitrogens with zero attached hydrogens (tertiary/aromatic N) is 2. The summed E-state index contributed by atoms with van der Waals surface area (Å²) in [6, 6.07) is 9.40. The molecule has 2 fully saturated rings. The van der Waals surface area contributed by atoms with Gasteiger partial charge >= 0.3 is 0 Å². The zero-order chi connectivity index (χ0) is 18.5. The van der Waals surface area contributed by atoms with Crippen molar-refractivity contribution in [2.45, 2.75) is 57.5 Å². The van der Waals surface area contributed by atoms with Gasteiger partial charge in [-0.15, -0.1) is 0 Å². The second-order valence-corrected chi connectivity index (χ2v) is 8.26. The molecule has 1 aliphatic carbocycles. The molecule has 1 saturated carbocycles. The molecule has 144 valence electrons. The van der Waals surface area contributed by atoms with E-state index in [4.69, 9.17) is 17.0 Å². The van der Waals surface area contributed by atoms with E-state index in [0.717, 1.165) is 41.6 Å². The topological polar surface area (TPSA) is 27.7 Å². The molecule has 1 aliphatic heterocycles. The van der Waals surface area contributed by atoms with E-state index in [-0.39, 0.29) is 0 Å². The lowest BCUT2D eigenvalue weighted by molar-refractivity contribution is 0.0691. The lowest BCUT2D eigenvalue weighted by Crippen LogP contribution is -2.51. The van der Waals surface area contributed by atoms with Crippen LogP contribution in [-0.4, -0.2) is 54.2 Å². The van der Waals surface area contributed by atoms with Crippen molar-refractivity contribution in [3.63, 3.8) is 0 Å². The van der Waals surface area contributed by atoms with Crippen LogP contribution in [0.15, 0.2) is 24.3 Å². The number of likely N-dealkylation sites (tertiary alicyclic amines) is 1. The molecule has 1 saturated heterocycles. The summed E-state index contributed by atoms with van der Waals surface area (Å²) in [5.41, 5.74) is 0.990. The molecule has 1 N–H and O–H groups in total. The van der Waals surface area contributed by atoms with E-state index in [1.165, 1.54) is 38.5 Å². The molecule has 0 bridgehead atoms. The van der Waals surface area contributed by atoms with Crippen molar-refractivity contribution in [3.8, 4) is 5.75 Å². The van der Waals surface area contributed by atoms with Gasteiger partial charge in [0.25, 0.3) is 0 Å². The number of rotatable bonds is 4. The summed E-state index contributed by atoms with van der Waals surface area (Å²) in [4.78, 5) is 4.99. The van der Waals surface area contributed by atoms with Crippen molar-refractivity contribution in [1.29, 1.82) is 0 Å². The van der Waals surface area contributed by atoms with Gasteiger partial charge in [-0.3, -0.25) is 0 Å². The number of benzene rings is 1. The number of hydrogen-bond donors (Lipinski definition) is 1. The minimum Gasteiger partial charge on any atom is -0.497 e. The Balaban J connectivity index is 1.50. The Labute approximate surface area is 163 Å². The number of thiocarbonyl (C=S) groups is 1. The van der Waals surface area contributed by atoms with Crippen molar-refractivity contribution in [3.05, 3.63) is 24.3 Å². The highest BCUT2D eigenvalue weighted by atomic mass is 32.1. The maximum atomic E-state index is 5.64. The quantitative estimate of drug-likeness (QED) is 0.789. The molecule has 26 heavy (non-hydrogen) atoms. The third kappa shape index (κ3) is 4.68. The average molecular weight is 376 g/mol. The molecule has 4 nitrogen and oxygen atoms in total. The van der Waals surface area contributed by atoms with Crippen molar-refractivity contribution >= 4 is 23.0 Å². The zero-order valence-electron chi connectivity index (χ0n) is 16.4. The molecule has 2 aliphatic rings. The summed E-state index contributed by atoms with van der Waals surface area (Å²) in [6.45, 7) is 4.50. The third-order valence-corrected chi connectivity index (χ3v) is 6.60. The highest BCUT2D eigenvalue weighted by Crippen LogP contribution is 2.30. The summed E-state index contributed by atoms with van der Waals surface area (Å²) in [5.74, 6) is 1.68. The van der Waals surface area contributed by atoms with Gasteiger partial charge in [0, 0.05) is 36.9 Å². The van der Waals surface area contributed by atoms with E-state index in [9.17, 15) is 0 Å². The number of hydrogen-bond acceptors (Lipinski definition) is 3. The van der Waals surface area contributed by atoms with E-state index in [2.05, 4.69) is 29.1 Å². The predicted octanol–water partition coefficient (Wildman–Crippen LogP) is 4.37. The van der Waals surface area contributed by atoms with Crippen LogP contribution >= 0.6 is 12.2 Å². The van der Waals surface area contributed by atoms with Crippen molar-refractivity contribution in [2.24, 2.45) is 5.92 Å². The van der Waals surface area contributed by atoms with Gasteiger partial charge in [-0.05, 0) is 63.0 Å². The van der Waals surface area contributed by atoms with Gasteiger partial charge in [0.1, 0.15) is 5.75 Å². The molecule has 1 aromatic rings. The lowest BCUT2D eigenvalue weighted by atomic mass is 9.84. The minimum atomic E-state index is 0.691. The summed E-state index contributed by atoms with van der Waals surface area (Å²) < 4.78 is 5.29. The van der Waals surface area contributed by atoms with Gasteiger partial charge < -0.3 is 19.9 Å². The Morgan fingerprint density at radius 3 is 2.62 bits per heavy atom. The fraction of sp³-hybridized carbons (Fsp3) is 0.667. The normalized spacial score (nSPS) is 24.5. The van der Waals surface area contributed by atoms with Gasteiger partial charge in [-0.25, -0.2) is 0 Å². The summed E-state index contributed by atoms with van der Waals surface area (Å²) >= 11 is 5.64. The van der Waals surface area contributed by atoms with Gasteiger partial charge in [0.15, 0.2) is 5.11 Å². The van der Waals surface area contributed by atoms with E-state index in [1.54, 1.807) is 7.11 Å². The second kappa shape index (κ2) is 9.05. The molecule has 0 spiro atoms. The Morgan fingerprint density at radius 1 is 1.19 bits per heavy atom. The first kappa shape index (κ1) is 19.4. The smallest absolute Gasteiger partial charge is 0.173 e. The third-order valence-electron chi connectivity index (χ3n) is 6.24. The first-order valence-electron chi connectivity index (χ1n) is 10.0. The van der Waals surface area contributed by atoms with Gasteiger partial charge in [-0.2, -0.15) is 0 Å². The number of ether oxygens (including phenoxy) is 1. The zero-order valence-corrected chi connectivity index (χ0v) is 17.2. The molecule has 2 atom stereocenters. The standard InChI is InChI=1S/C21H33N3OS/c1-16-7-4-5-10-20(16)23(2)18-11-13-24(14-12-18)21(26)22-17-8-6-9-19(15-17)25-3/h6,8-9,15-16,18,20H,4-5,7,10-14H2,1-3H3,(H,22,26)/t16-,20-/m0/s1. The molecule has 0 amide bonds. The highest BCUT2D eigenvalue weighted by Gasteiger charge is 2.31. The van der Waals surface area contributed by atoms with Crippen LogP contribution in [0.4, 0.5) is 5.69 Å². The van der Waals surface area contributed by atoms with Gasteiger partial charge in [0.2, 0.25) is 0 Å². The lowest BCUT2D eigenvalue weighted by Gasteiger charge is -2.44. The maximum Gasteiger partial charge on any atom is 0.173 e. The van der Waals surface area contributed by atoms with E-state index < -0.39 is 0 Å². The number of piperidine rings is 1. The van der Waals surface area contributed by atoms with Crippen LogP contribution in [-0.2, 0) is 0 Å². The first-order valence-corrected chi connectivity index (χ1v) is 10.4. The molecule has 5 heteroatoms. The van der Waals surface area contributed by atoms with Crippen LogP contribution in [0.2, 0.25) is 0 Å². The number of nitrogens with one attached hydrogen (secondary N) is 1. The maximum absolute atomic E-state index is 5.64. The van der Waals surface area contributed by atoms with Crippen LogP contribution in [0.3, 0.4) is 0 Å². The Morgan fingerprint density at radius 2 is 1.92 bits per heavy atom. The Bertz CT molecular complexity index is 601. The fourth-order valence-electron chi connectivity index (χ4n) is 4.55. The fourth-order valence-corrected chi connectivity index (χ4v) is 4.85. The largest absolute Gasteiger partial charge is 0.497 e. The first-order chi connectivity index (χ1) is 12.6. The SMILES string of the molecule is COc1cccc(NC(=S)N2CCC(N(C)[C@H]3CCCC[C@@H]3C)CC2)c1. The van der Waals surface area contributed by atoms with Crippen LogP contribution in [0.5, 0.6) is 5.75 Å². The van der Waals surface area contributed by atoms with Crippen molar-refractivity contribution in [1.82, 2.24) is 9.80 Å². The monoisotopic (exact) mass is 375 g/mol. The predicted molar refractivity (Wildman–Crippen MR) is 113 cm³/mol. The van der Waals surface area contributed by atoms with Crippen LogP contribution in [0.1, 0.15) is 45.4 Å². The summed E-state index contributed by atoms with van der Waals surface area (Å²) in [7, 11) is 4.03. The van der Waals surface area contributed by atoms with Crippen molar-refractivity contribution < 1.29 is 4.74 Å². The molecule has 3 rings (SSSR count). The number of anilines is 1. The molecule has 1 aromatic carbocycles. The summed E-state index contributed by atoms with van der Waals surface area (Å²) in [5, 5.41) is 4.19.